The number of amides is 1. The summed E-state index contributed by atoms with van der Waals surface area (Å²) in [5.41, 5.74) is 0. The quantitative estimate of drug-likeness (QED) is 0.748. The molecule has 0 bridgehead atoms. The molecule has 94 valence electrons. The van der Waals surface area contributed by atoms with Crippen LogP contribution in [0.5, 0.6) is 0 Å². The van der Waals surface area contributed by atoms with E-state index in [1.165, 1.54) is 6.42 Å². The van der Waals surface area contributed by atoms with E-state index in [2.05, 4.69) is 20.8 Å². The summed E-state index contributed by atoms with van der Waals surface area (Å²) in [4.78, 5) is 11.8. The number of nitrogens with zero attached hydrogens (tertiary/aromatic N) is 3. The van der Waals surface area contributed by atoms with Crippen molar-refractivity contribution < 1.29 is 4.79 Å². The summed E-state index contributed by atoms with van der Waals surface area (Å²) in [5, 5.41) is 13.9. The van der Waals surface area contributed by atoms with Crippen LogP contribution < -0.4 is 10.6 Å². The van der Waals surface area contributed by atoms with Gasteiger partial charge < -0.3 is 15.2 Å². The first-order valence-corrected chi connectivity index (χ1v) is 6.11. The number of carbonyl (C=O) groups is 1. The van der Waals surface area contributed by atoms with E-state index >= 15 is 0 Å². The van der Waals surface area contributed by atoms with Gasteiger partial charge >= 0.3 is 0 Å². The Morgan fingerprint density at radius 1 is 1.65 bits per heavy atom. The molecule has 0 radical (unpaired) electrons. The molecule has 0 aromatic carbocycles. The highest BCUT2D eigenvalue weighted by Gasteiger charge is 2.19. The summed E-state index contributed by atoms with van der Waals surface area (Å²) in [6, 6.07) is -0.0109. The third-order valence-corrected chi connectivity index (χ3v) is 3.08. The molecule has 1 saturated heterocycles. The average Bonchev–Trinajstić information content (AvgIpc) is 2.76. The van der Waals surface area contributed by atoms with E-state index in [4.69, 9.17) is 0 Å². The van der Waals surface area contributed by atoms with Crippen LogP contribution >= 0.6 is 0 Å². The van der Waals surface area contributed by atoms with Gasteiger partial charge in [0.15, 0.2) is 0 Å². The minimum Gasteiger partial charge on any atom is -0.354 e. The molecule has 1 amide bonds. The van der Waals surface area contributed by atoms with Crippen LogP contribution in [0.4, 0.5) is 0 Å². The Hall–Kier alpha value is -1.43. The zero-order chi connectivity index (χ0) is 12.1. The zero-order valence-corrected chi connectivity index (χ0v) is 10.1. The maximum absolute atomic E-state index is 11.8. The van der Waals surface area contributed by atoms with Crippen molar-refractivity contribution in [2.24, 2.45) is 7.05 Å². The van der Waals surface area contributed by atoms with Crippen molar-refractivity contribution in [2.45, 2.75) is 31.7 Å². The summed E-state index contributed by atoms with van der Waals surface area (Å²) in [5.74, 6) is 0.994. The number of hydrogen-bond acceptors (Lipinski definition) is 4. The van der Waals surface area contributed by atoms with Gasteiger partial charge in [0, 0.05) is 20.0 Å². The molecule has 6 nitrogen and oxygen atoms in total. The summed E-state index contributed by atoms with van der Waals surface area (Å²) in [7, 11) is 1.90. The van der Waals surface area contributed by atoms with Gasteiger partial charge in [0.05, 0.1) is 6.04 Å². The number of hydrogen-bond donors (Lipinski definition) is 2. The van der Waals surface area contributed by atoms with Crippen molar-refractivity contribution in [2.75, 3.05) is 13.1 Å². The fourth-order valence-electron chi connectivity index (χ4n) is 2.03. The van der Waals surface area contributed by atoms with E-state index < -0.39 is 0 Å². The van der Waals surface area contributed by atoms with Gasteiger partial charge in [-0.3, -0.25) is 4.79 Å². The highest BCUT2D eigenvalue weighted by atomic mass is 16.2. The number of rotatable bonds is 4. The molecule has 6 heteroatoms. The fraction of sp³-hybridized carbons (Fsp3) is 0.727. The van der Waals surface area contributed by atoms with Crippen LogP contribution in [-0.4, -0.2) is 39.8 Å². The predicted octanol–water partition coefficient (Wildman–Crippen LogP) is -0.384. The van der Waals surface area contributed by atoms with Crippen LogP contribution in [0.2, 0.25) is 0 Å². The van der Waals surface area contributed by atoms with E-state index in [9.17, 15) is 4.79 Å². The monoisotopic (exact) mass is 237 g/mol. The maximum Gasteiger partial charge on any atom is 0.237 e. The van der Waals surface area contributed by atoms with Gasteiger partial charge in [-0.15, -0.1) is 10.2 Å². The van der Waals surface area contributed by atoms with Crippen molar-refractivity contribution in [1.29, 1.82) is 0 Å². The topological polar surface area (TPSA) is 71.8 Å². The first kappa shape index (κ1) is 12.0. The molecular weight excluding hydrogens is 218 g/mol. The first-order chi connectivity index (χ1) is 8.27. The minimum atomic E-state index is -0.0109. The van der Waals surface area contributed by atoms with Crippen molar-refractivity contribution >= 4 is 5.91 Å². The molecule has 0 unspecified atom stereocenters. The summed E-state index contributed by atoms with van der Waals surface area (Å²) >= 11 is 0. The average molecular weight is 237 g/mol. The summed E-state index contributed by atoms with van der Waals surface area (Å²) in [6.45, 7) is 1.56. The zero-order valence-electron chi connectivity index (χ0n) is 10.1. The lowest BCUT2D eigenvalue weighted by atomic mass is 10.0. The summed E-state index contributed by atoms with van der Waals surface area (Å²) in [6.07, 6.45) is 5.63. The molecule has 0 saturated carbocycles. The number of aryl methyl sites for hydroxylation is 1. The molecule has 17 heavy (non-hydrogen) atoms. The van der Waals surface area contributed by atoms with Gasteiger partial charge in [0.2, 0.25) is 5.91 Å². The summed E-state index contributed by atoms with van der Waals surface area (Å²) < 4.78 is 1.87. The van der Waals surface area contributed by atoms with Crippen molar-refractivity contribution in [3.8, 4) is 0 Å². The normalized spacial score (nSPS) is 20.2. The van der Waals surface area contributed by atoms with Gasteiger partial charge in [-0.05, 0) is 19.4 Å². The van der Waals surface area contributed by atoms with Crippen LogP contribution in [0.15, 0.2) is 6.33 Å². The van der Waals surface area contributed by atoms with Crippen molar-refractivity contribution in [3.63, 3.8) is 0 Å². The Kier molecular flexibility index (Phi) is 4.08. The van der Waals surface area contributed by atoms with E-state index in [-0.39, 0.29) is 11.9 Å². The maximum atomic E-state index is 11.8. The molecule has 2 N–H and O–H groups in total. The second-order valence-electron chi connectivity index (χ2n) is 4.40. The lowest BCUT2D eigenvalue weighted by molar-refractivity contribution is -0.123. The predicted molar refractivity (Wildman–Crippen MR) is 63.4 cm³/mol. The Labute approximate surface area is 101 Å². The Balaban J connectivity index is 1.71. The molecule has 1 fully saturated rings. The molecule has 2 rings (SSSR count). The van der Waals surface area contributed by atoms with Crippen molar-refractivity contribution in [3.05, 3.63) is 12.2 Å². The van der Waals surface area contributed by atoms with Gasteiger partial charge in [-0.25, -0.2) is 0 Å². The van der Waals surface area contributed by atoms with Gasteiger partial charge in [0.1, 0.15) is 12.2 Å². The van der Waals surface area contributed by atoms with E-state index in [1.807, 2.05) is 11.6 Å². The number of nitrogens with one attached hydrogen (secondary N) is 2. The smallest absolute Gasteiger partial charge is 0.237 e. The highest BCUT2D eigenvalue weighted by molar-refractivity contribution is 5.81. The number of carbonyl (C=O) groups excluding carboxylic acids is 1. The van der Waals surface area contributed by atoms with Gasteiger partial charge in [-0.2, -0.15) is 0 Å². The minimum absolute atomic E-state index is 0.0109. The second-order valence-corrected chi connectivity index (χ2v) is 4.40. The first-order valence-electron chi connectivity index (χ1n) is 6.11. The molecule has 0 aliphatic carbocycles. The van der Waals surface area contributed by atoms with Crippen LogP contribution in [0.25, 0.3) is 0 Å². The molecular formula is C11H19N5O. The molecule has 1 aromatic heterocycles. The van der Waals surface area contributed by atoms with E-state index in [1.54, 1.807) is 6.33 Å². The Morgan fingerprint density at radius 2 is 2.53 bits per heavy atom. The van der Waals surface area contributed by atoms with Gasteiger partial charge in [0.25, 0.3) is 0 Å². The molecule has 2 heterocycles. The van der Waals surface area contributed by atoms with Gasteiger partial charge in [-0.1, -0.05) is 6.42 Å². The lowest BCUT2D eigenvalue weighted by Crippen LogP contribution is -2.47. The highest BCUT2D eigenvalue weighted by Crippen LogP contribution is 2.06. The van der Waals surface area contributed by atoms with E-state index in [0.29, 0.717) is 6.54 Å². The molecule has 1 aromatic rings. The largest absolute Gasteiger partial charge is 0.354 e. The van der Waals surface area contributed by atoms with Crippen LogP contribution in [0.1, 0.15) is 25.1 Å². The SMILES string of the molecule is Cn1cnnc1CCNC(=O)[C@@H]1CCCCN1. The third kappa shape index (κ3) is 3.26. The molecule has 1 aliphatic rings. The van der Waals surface area contributed by atoms with Crippen molar-refractivity contribution in [1.82, 2.24) is 25.4 Å². The Bertz CT molecular complexity index is 370. The van der Waals surface area contributed by atoms with Crippen LogP contribution in [-0.2, 0) is 18.3 Å². The molecule has 0 spiro atoms. The lowest BCUT2D eigenvalue weighted by Gasteiger charge is -2.22. The van der Waals surface area contributed by atoms with Crippen LogP contribution in [0.3, 0.4) is 0 Å². The standard InChI is InChI=1S/C11H19N5O/c1-16-8-14-15-10(16)5-7-13-11(17)9-4-2-3-6-12-9/h8-9,12H,2-7H2,1H3,(H,13,17)/t9-/m0/s1. The number of aromatic nitrogens is 3. The second kappa shape index (κ2) is 5.77. The Morgan fingerprint density at radius 3 is 3.18 bits per heavy atom. The molecule has 1 aliphatic heterocycles. The van der Waals surface area contributed by atoms with Crippen LogP contribution in [0, 0.1) is 0 Å². The molecule has 1 atom stereocenters. The third-order valence-electron chi connectivity index (χ3n) is 3.08. The number of piperidine rings is 1. The fourth-order valence-corrected chi connectivity index (χ4v) is 2.03. The van der Waals surface area contributed by atoms with E-state index in [0.717, 1.165) is 31.6 Å².